The van der Waals surface area contributed by atoms with E-state index in [1.165, 1.54) is 12.1 Å². The molecule has 1 aliphatic rings. The summed E-state index contributed by atoms with van der Waals surface area (Å²) < 4.78 is 1.07. The Labute approximate surface area is 99.4 Å². The minimum absolute atomic E-state index is 0.106. The minimum atomic E-state index is -0.854. The van der Waals surface area contributed by atoms with E-state index in [1.807, 2.05) is 0 Å². The van der Waals surface area contributed by atoms with E-state index in [4.69, 9.17) is 0 Å². The third kappa shape index (κ3) is 1.01. The highest BCUT2D eigenvalue weighted by Crippen LogP contribution is 2.10. The molecule has 0 saturated carbocycles. The fraction of sp³-hybridized carbons (Fsp3) is 0. The van der Waals surface area contributed by atoms with Crippen LogP contribution >= 0.6 is 0 Å². The number of hydrogen-bond acceptors (Lipinski definition) is 4. The van der Waals surface area contributed by atoms with Crippen LogP contribution in [0.3, 0.4) is 0 Å². The number of aromatic nitrogens is 2. The van der Waals surface area contributed by atoms with E-state index in [9.17, 15) is 19.2 Å². The van der Waals surface area contributed by atoms with Crippen molar-refractivity contribution in [3.63, 3.8) is 0 Å². The Morgan fingerprint density at radius 3 is 1.56 bits per heavy atom. The Kier molecular flexibility index (Phi) is 1.81. The average Bonchev–Trinajstić information content (AvgIpc) is 2.61. The number of carbonyl (C=O) groups is 2. The molecule has 0 bridgehead atoms. The Bertz CT molecular complexity index is 799. The molecule has 18 heavy (non-hydrogen) atoms. The maximum atomic E-state index is 12.1. The van der Waals surface area contributed by atoms with Crippen LogP contribution in [0.25, 0.3) is 10.8 Å². The highest BCUT2D eigenvalue weighted by Gasteiger charge is 2.34. The topological polar surface area (TPSA) is 78.1 Å². The molecule has 0 radical (unpaired) electrons. The number of carbonyl (C=O) groups excluding carboxylic acids is 2. The van der Waals surface area contributed by atoms with Crippen LogP contribution in [0.2, 0.25) is 0 Å². The lowest BCUT2D eigenvalue weighted by Crippen LogP contribution is -2.38. The summed E-state index contributed by atoms with van der Waals surface area (Å²) in [6.07, 6.45) is 0. The largest absolute Gasteiger partial charge is 0.285 e. The molecule has 1 aromatic heterocycles. The molecule has 2 aromatic rings. The van der Waals surface area contributed by atoms with Crippen LogP contribution in [0.1, 0.15) is 9.59 Å². The van der Waals surface area contributed by atoms with Gasteiger partial charge in [-0.25, -0.2) is 0 Å². The van der Waals surface area contributed by atoms with Gasteiger partial charge in [-0.15, -0.1) is 0 Å². The van der Waals surface area contributed by atoms with Gasteiger partial charge in [-0.3, -0.25) is 19.2 Å². The molecule has 0 saturated heterocycles. The van der Waals surface area contributed by atoms with Crippen molar-refractivity contribution in [1.29, 1.82) is 0 Å². The molecule has 3 rings (SSSR count). The maximum Gasteiger partial charge on any atom is 0.285 e. The maximum absolute atomic E-state index is 12.1. The number of fused-ring (bicyclic) bond motifs is 2. The van der Waals surface area contributed by atoms with Crippen molar-refractivity contribution in [2.24, 2.45) is 0 Å². The Balaban J connectivity index is 2.68. The lowest BCUT2D eigenvalue weighted by Gasteiger charge is -2.03. The molecule has 0 spiro atoms. The SMILES string of the molecule is C=C1C(=O)n2c(=O)c3ccccc3c(=O)n2C1=O. The minimum Gasteiger partial charge on any atom is -0.267 e. The van der Waals surface area contributed by atoms with E-state index in [0.717, 1.165) is 0 Å². The first kappa shape index (κ1) is 10.4. The zero-order valence-electron chi connectivity index (χ0n) is 9.04. The summed E-state index contributed by atoms with van der Waals surface area (Å²) in [5.41, 5.74) is -1.77. The second kappa shape index (κ2) is 3.13. The van der Waals surface area contributed by atoms with Crippen molar-refractivity contribution in [3.8, 4) is 0 Å². The molecule has 2 heterocycles. The summed E-state index contributed by atoms with van der Waals surface area (Å²) in [4.78, 5) is 47.5. The molecule has 1 aliphatic heterocycles. The number of rotatable bonds is 0. The highest BCUT2D eigenvalue weighted by molar-refractivity contribution is 6.23. The smallest absolute Gasteiger partial charge is 0.267 e. The number of nitrogens with zero attached hydrogens (tertiary/aromatic N) is 2. The molecule has 0 fully saturated rings. The zero-order chi connectivity index (χ0) is 13.0. The highest BCUT2D eigenvalue weighted by atomic mass is 16.2. The van der Waals surface area contributed by atoms with Crippen molar-refractivity contribution in [2.45, 2.75) is 0 Å². The van der Waals surface area contributed by atoms with Gasteiger partial charge in [0.1, 0.15) is 5.57 Å². The van der Waals surface area contributed by atoms with Crippen LogP contribution < -0.4 is 11.1 Å². The normalized spacial score (nSPS) is 14.3. The Morgan fingerprint density at radius 1 is 0.778 bits per heavy atom. The van der Waals surface area contributed by atoms with Crippen molar-refractivity contribution < 1.29 is 9.59 Å². The monoisotopic (exact) mass is 242 g/mol. The van der Waals surface area contributed by atoms with Crippen molar-refractivity contribution in [3.05, 3.63) is 57.1 Å². The van der Waals surface area contributed by atoms with E-state index >= 15 is 0 Å². The quantitative estimate of drug-likeness (QED) is 0.481. The standard InChI is InChI=1S/C12H6N2O4/c1-6-9(15)13-11(17)7-4-2-3-5-8(7)12(18)14(13)10(6)16/h2-5H,1H2. The third-order valence-electron chi connectivity index (χ3n) is 2.87. The van der Waals surface area contributed by atoms with Gasteiger partial charge in [-0.2, -0.15) is 9.36 Å². The summed E-state index contributed by atoms with van der Waals surface area (Å²) in [7, 11) is 0. The van der Waals surface area contributed by atoms with Crippen LogP contribution in [0.4, 0.5) is 0 Å². The van der Waals surface area contributed by atoms with Gasteiger partial charge >= 0.3 is 0 Å². The lowest BCUT2D eigenvalue weighted by molar-refractivity contribution is 0.0944. The van der Waals surface area contributed by atoms with Crippen LogP contribution in [-0.4, -0.2) is 21.2 Å². The average molecular weight is 242 g/mol. The fourth-order valence-corrected chi connectivity index (χ4v) is 1.98. The molecule has 0 N–H and O–H groups in total. The van der Waals surface area contributed by atoms with Gasteiger partial charge in [-0.05, 0) is 12.1 Å². The van der Waals surface area contributed by atoms with Gasteiger partial charge in [0.2, 0.25) is 0 Å². The number of benzene rings is 1. The summed E-state index contributed by atoms with van der Waals surface area (Å²) in [6.45, 7) is 3.29. The molecule has 0 atom stereocenters. The molecule has 0 unspecified atom stereocenters. The molecular formula is C12H6N2O4. The van der Waals surface area contributed by atoms with Crippen LogP contribution in [0.5, 0.6) is 0 Å². The fourth-order valence-electron chi connectivity index (χ4n) is 1.98. The van der Waals surface area contributed by atoms with Gasteiger partial charge < -0.3 is 0 Å². The molecule has 1 aromatic carbocycles. The molecule has 0 aliphatic carbocycles. The molecular weight excluding hydrogens is 236 g/mol. The molecule has 88 valence electrons. The number of allylic oxidation sites excluding steroid dienone is 1. The second-order valence-corrected chi connectivity index (χ2v) is 3.87. The van der Waals surface area contributed by atoms with Gasteiger partial charge in [0.05, 0.1) is 10.8 Å². The summed E-state index contributed by atoms with van der Waals surface area (Å²) in [5, 5.41) is 0.212. The van der Waals surface area contributed by atoms with Crippen molar-refractivity contribution >= 4 is 22.6 Å². The van der Waals surface area contributed by atoms with Gasteiger partial charge in [-0.1, -0.05) is 18.7 Å². The van der Waals surface area contributed by atoms with Gasteiger partial charge in [0.25, 0.3) is 22.9 Å². The van der Waals surface area contributed by atoms with Crippen LogP contribution in [0.15, 0.2) is 46.0 Å². The van der Waals surface area contributed by atoms with Gasteiger partial charge in [0, 0.05) is 0 Å². The van der Waals surface area contributed by atoms with E-state index in [1.54, 1.807) is 12.1 Å². The predicted molar refractivity (Wildman–Crippen MR) is 62.9 cm³/mol. The summed E-state index contributed by atoms with van der Waals surface area (Å²) >= 11 is 0. The summed E-state index contributed by atoms with van der Waals surface area (Å²) in [5.74, 6) is -1.71. The van der Waals surface area contributed by atoms with Crippen molar-refractivity contribution in [2.75, 3.05) is 0 Å². The lowest BCUT2D eigenvalue weighted by atomic mass is 10.2. The van der Waals surface area contributed by atoms with E-state index in [-0.39, 0.29) is 16.3 Å². The first-order valence-electron chi connectivity index (χ1n) is 5.09. The predicted octanol–water partition coefficient (Wildman–Crippen LogP) is 0.0134. The molecule has 6 nitrogen and oxygen atoms in total. The van der Waals surface area contributed by atoms with Gasteiger partial charge in [0.15, 0.2) is 0 Å². The first-order chi connectivity index (χ1) is 8.54. The zero-order valence-corrected chi connectivity index (χ0v) is 9.04. The van der Waals surface area contributed by atoms with E-state index in [2.05, 4.69) is 6.58 Å². The van der Waals surface area contributed by atoms with Crippen LogP contribution in [-0.2, 0) is 0 Å². The van der Waals surface area contributed by atoms with Crippen molar-refractivity contribution in [1.82, 2.24) is 9.36 Å². The molecule has 6 heteroatoms. The summed E-state index contributed by atoms with van der Waals surface area (Å²) in [6, 6.07) is 6.03. The van der Waals surface area contributed by atoms with Crippen LogP contribution in [0, 0.1) is 0 Å². The van der Waals surface area contributed by atoms with E-state index < -0.39 is 22.9 Å². The number of hydrogen-bond donors (Lipinski definition) is 0. The molecule has 0 amide bonds. The third-order valence-corrected chi connectivity index (χ3v) is 2.87. The Morgan fingerprint density at radius 2 is 1.17 bits per heavy atom. The van der Waals surface area contributed by atoms with E-state index in [0.29, 0.717) is 9.36 Å². The Hall–Kier alpha value is -2.76. The first-order valence-corrected chi connectivity index (χ1v) is 5.09. The second-order valence-electron chi connectivity index (χ2n) is 3.87.